The molecule has 0 radical (unpaired) electrons. The Morgan fingerprint density at radius 2 is 1.90 bits per heavy atom. The minimum atomic E-state index is -0.216. The van der Waals surface area contributed by atoms with Crippen molar-refractivity contribution in [3.05, 3.63) is 62.6 Å². The van der Waals surface area contributed by atoms with E-state index in [4.69, 9.17) is 23.2 Å². The second kappa shape index (κ2) is 4.89. The second-order valence-corrected chi connectivity index (χ2v) is 5.16. The molecular formula is C14H9Cl2N3O. The maximum atomic E-state index is 11.7. The molecule has 0 amide bonds. The second-order valence-electron chi connectivity index (χ2n) is 4.32. The molecule has 0 aliphatic rings. The van der Waals surface area contributed by atoms with Crippen molar-refractivity contribution in [2.75, 3.05) is 0 Å². The van der Waals surface area contributed by atoms with Crippen LogP contribution in [0.2, 0.25) is 10.0 Å². The van der Waals surface area contributed by atoms with Crippen LogP contribution in [0.1, 0.15) is 5.69 Å². The molecule has 20 heavy (non-hydrogen) atoms. The average Bonchev–Trinajstić information content (AvgIpc) is 2.40. The van der Waals surface area contributed by atoms with Crippen LogP contribution in [0, 0.1) is 6.92 Å². The molecule has 6 heteroatoms. The number of hydrogen-bond acceptors (Lipinski definition) is 3. The Bertz CT molecular complexity index is 874. The SMILES string of the molecule is Cc1nn2c(=O)ccnc2cc1-c1ccc(Cl)cc1Cl. The molecular weight excluding hydrogens is 297 g/mol. The monoisotopic (exact) mass is 305 g/mol. The Hall–Kier alpha value is -1.91. The van der Waals surface area contributed by atoms with Gasteiger partial charge in [-0.2, -0.15) is 9.61 Å². The van der Waals surface area contributed by atoms with Crippen molar-refractivity contribution in [2.24, 2.45) is 0 Å². The van der Waals surface area contributed by atoms with Gasteiger partial charge in [-0.25, -0.2) is 4.98 Å². The smallest absolute Gasteiger partial charge is 0.267 e. The maximum absolute atomic E-state index is 11.7. The summed E-state index contributed by atoms with van der Waals surface area (Å²) in [5.74, 6) is 0. The normalized spacial score (nSPS) is 10.9. The fraction of sp³-hybridized carbons (Fsp3) is 0.0714. The summed E-state index contributed by atoms with van der Waals surface area (Å²) in [6.07, 6.45) is 1.46. The van der Waals surface area contributed by atoms with E-state index in [0.717, 1.165) is 11.1 Å². The summed E-state index contributed by atoms with van der Waals surface area (Å²) >= 11 is 12.1. The van der Waals surface area contributed by atoms with Crippen LogP contribution in [-0.2, 0) is 0 Å². The molecule has 2 heterocycles. The number of aryl methyl sites for hydroxylation is 1. The third-order valence-corrected chi connectivity index (χ3v) is 3.53. The molecule has 0 atom stereocenters. The lowest BCUT2D eigenvalue weighted by atomic mass is 10.1. The number of rotatable bonds is 1. The van der Waals surface area contributed by atoms with Gasteiger partial charge in [0.2, 0.25) is 0 Å². The van der Waals surface area contributed by atoms with E-state index >= 15 is 0 Å². The molecule has 2 aromatic heterocycles. The zero-order valence-electron chi connectivity index (χ0n) is 10.5. The molecule has 4 nitrogen and oxygen atoms in total. The minimum absolute atomic E-state index is 0.216. The van der Waals surface area contributed by atoms with E-state index in [9.17, 15) is 4.79 Å². The lowest BCUT2D eigenvalue weighted by Gasteiger charge is -2.09. The van der Waals surface area contributed by atoms with Gasteiger partial charge in [0.05, 0.1) is 5.69 Å². The molecule has 0 spiro atoms. The van der Waals surface area contributed by atoms with E-state index in [0.29, 0.717) is 21.4 Å². The van der Waals surface area contributed by atoms with Crippen molar-refractivity contribution in [1.82, 2.24) is 14.6 Å². The predicted octanol–water partition coefficient (Wildman–Crippen LogP) is 3.37. The first-order chi connectivity index (χ1) is 9.56. The van der Waals surface area contributed by atoms with E-state index < -0.39 is 0 Å². The quantitative estimate of drug-likeness (QED) is 0.692. The lowest BCUT2D eigenvalue weighted by Crippen LogP contribution is -2.16. The van der Waals surface area contributed by atoms with Gasteiger partial charge in [-0.1, -0.05) is 29.3 Å². The first-order valence-electron chi connectivity index (χ1n) is 5.87. The van der Waals surface area contributed by atoms with Crippen molar-refractivity contribution >= 4 is 28.8 Å². The number of aromatic nitrogens is 3. The first-order valence-corrected chi connectivity index (χ1v) is 6.63. The molecule has 3 aromatic rings. The van der Waals surface area contributed by atoms with Crippen LogP contribution in [0.25, 0.3) is 16.8 Å². The maximum Gasteiger partial charge on any atom is 0.274 e. The van der Waals surface area contributed by atoms with Gasteiger partial charge in [0.15, 0.2) is 5.65 Å². The van der Waals surface area contributed by atoms with Gasteiger partial charge in [-0.05, 0) is 25.1 Å². The van der Waals surface area contributed by atoms with Crippen molar-refractivity contribution < 1.29 is 0 Å². The van der Waals surface area contributed by atoms with E-state index in [1.165, 1.54) is 16.8 Å². The topological polar surface area (TPSA) is 47.3 Å². The van der Waals surface area contributed by atoms with E-state index in [1.807, 2.05) is 13.0 Å². The van der Waals surface area contributed by atoms with E-state index in [2.05, 4.69) is 10.1 Å². The van der Waals surface area contributed by atoms with Crippen molar-refractivity contribution in [1.29, 1.82) is 0 Å². The molecule has 0 fully saturated rings. The van der Waals surface area contributed by atoms with Crippen LogP contribution in [0.5, 0.6) is 0 Å². The standard InChI is InChI=1S/C14H9Cl2N3O/c1-8-11(10-3-2-9(15)6-12(10)16)7-13-17-5-4-14(20)19(13)18-8/h2-7H,1H3. The van der Waals surface area contributed by atoms with Crippen LogP contribution in [0.4, 0.5) is 0 Å². The fourth-order valence-electron chi connectivity index (χ4n) is 2.03. The summed E-state index contributed by atoms with van der Waals surface area (Å²) in [5.41, 5.74) is 2.58. The predicted molar refractivity (Wildman–Crippen MR) is 79.5 cm³/mol. The minimum Gasteiger partial charge on any atom is -0.267 e. The van der Waals surface area contributed by atoms with Crippen molar-refractivity contribution in [3.63, 3.8) is 0 Å². The van der Waals surface area contributed by atoms with Crippen LogP contribution in [0.3, 0.4) is 0 Å². The van der Waals surface area contributed by atoms with Crippen molar-refractivity contribution in [3.8, 4) is 11.1 Å². The average molecular weight is 306 g/mol. The summed E-state index contributed by atoms with van der Waals surface area (Å²) in [5, 5.41) is 5.37. The molecule has 0 saturated carbocycles. The Morgan fingerprint density at radius 3 is 2.65 bits per heavy atom. The molecule has 0 bridgehead atoms. The number of hydrogen-bond donors (Lipinski definition) is 0. The Balaban J connectivity index is 2.31. The third-order valence-electron chi connectivity index (χ3n) is 2.98. The zero-order chi connectivity index (χ0) is 14.3. The van der Waals surface area contributed by atoms with E-state index in [1.54, 1.807) is 18.2 Å². The zero-order valence-corrected chi connectivity index (χ0v) is 12.0. The first kappa shape index (κ1) is 13.1. The molecule has 3 rings (SSSR count). The molecule has 0 aliphatic carbocycles. The number of halogens is 2. The number of fused-ring (bicyclic) bond motifs is 1. The summed E-state index contributed by atoms with van der Waals surface area (Å²) in [7, 11) is 0. The van der Waals surface area contributed by atoms with E-state index in [-0.39, 0.29) is 5.56 Å². The lowest BCUT2D eigenvalue weighted by molar-refractivity contribution is 0.843. The highest BCUT2D eigenvalue weighted by atomic mass is 35.5. The molecule has 0 unspecified atom stereocenters. The van der Waals surface area contributed by atoms with Gasteiger partial charge in [0.1, 0.15) is 0 Å². The molecule has 100 valence electrons. The summed E-state index contributed by atoms with van der Waals surface area (Å²) < 4.78 is 1.27. The Morgan fingerprint density at radius 1 is 1.10 bits per heavy atom. The third kappa shape index (κ3) is 2.17. The van der Waals surface area contributed by atoms with Crippen molar-refractivity contribution in [2.45, 2.75) is 6.92 Å². The van der Waals surface area contributed by atoms with Gasteiger partial charge in [0, 0.05) is 33.4 Å². The Labute approximate surface area is 124 Å². The molecule has 0 saturated heterocycles. The number of nitrogens with zero attached hydrogens (tertiary/aromatic N) is 3. The van der Waals surface area contributed by atoms with Crippen LogP contribution in [-0.4, -0.2) is 14.6 Å². The van der Waals surface area contributed by atoms with Gasteiger partial charge in [-0.15, -0.1) is 0 Å². The molecule has 0 aliphatic heterocycles. The van der Waals surface area contributed by atoms with Crippen LogP contribution in [0.15, 0.2) is 41.3 Å². The summed E-state index contributed by atoms with van der Waals surface area (Å²) in [6, 6.07) is 8.42. The highest BCUT2D eigenvalue weighted by molar-refractivity contribution is 6.36. The van der Waals surface area contributed by atoms with Gasteiger partial charge >= 0.3 is 0 Å². The van der Waals surface area contributed by atoms with Gasteiger partial charge < -0.3 is 0 Å². The summed E-state index contributed by atoms with van der Waals surface area (Å²) in [4.78, 5) is 15.9. The fourth-order valence-corrected chi connectivity index (χ4v) is 2.54. The largest absolute Gasteiger partial charge is 0.274 e. The summed E-state index contributed by atoms with van der Waals surface area (Å²) in [6.45, 7) is 1.82. The van der Waals surface area contributed by atoms with Gasteiger partial charge in [0.25, 0.3) is 5.56 Å². The molecule has 1 aromatic carbocycles. The highest BCUT2D eigenvalue weighted by Gasteiger charge is 2.11. The number of benzene rings is 1. The Kier molecular flexibility index (Phi) is 3.20. The van der Waals surface area contributed by atoms with Crippen LogP contribution >= 0.6 is 23.2 Å². The molecule has 0 N–H and O–H groups in total. The van der Waals surface area contributed by atoms with Gasteiger partial charge in [-0.3, -0.25) is 4.79 Å². The highest BCUT2D eigenvalue weighted by Crippen LogP contribution is 2.31. The van der Waals surface area contributed by atoms with Crippen LogP contribution < -0.4 is 5.56 Å².